The molecule has 2 rings (SSSR count). The van der Waals surface area contributed by atoms with E-state index >= 15 is 0 Å². The molecule has 100 valence electrons. The fourth-order valence-electron chi connectivity index (χ4n) is 2.39. The minimum Gasteiger partial charge on any atom is -0.309 e. The molecule has 0 aliphatic carbocycles. The van der Waals surface area contributed by atoms with E-state index < -0.39 is 0 Å². The van der Waals surface area contributed by atoms with Crippen LogP contribution in [0.5, 0.6) is 0 Å². The molecule has 0 aromatic heterocycles. The van der Waals surface area contributed by atoms with Crippen molar-refractivity contribution in [1.82, 2.24) is 5.32 Å². The summed E-state index contributed by atoms with van der Waals surface area (Å²) in [5.41, 5.74) is 4.84. The number of halogens is 2. The van der Waals surface area contributed by atoms with Crippen LogP contribution in [0.2, 0.25) is 10.0 Å². The van der Waals surface area contributed by atoms with Gasteiger partial charge < -0.3 is 5.32 Å². The van der Waals surface area contributed by atoms with Crippen molar-refractivity contribution >= 4 is 23.2 Å². The van der Waals surface area contributed by atoms with Gasteiger partial charge in [-0.05, 0) is 55.8 Å². The van der Waals surface area contributed by atoms with E-state index in [-0.39, 0.29) is 6.04 Å². The summed E-state index contributed by atoms with van der Waals surface area (Å²) in [6.07, 6.45) is 0. The number of nitrogens with one attached hydrogen (secondary N) is 1. The van der Waals surface area contributed by atoms with Crippen LogP contribution < -0.4 is 5.32 Å². The SMILES string of the molecule is CNC(c1cc(Cl)cc(Cl)c1)c1ccc(C)cc1C. The summed E-state index contributed by atoms with van der Waals surface area (Å²) in [4.78, 5) is 0. The lowest BCUT2D eigenvalue weighted by Crippen LogP contribution is -2.18. The van der Waals surface area contributed by atoms with Crippen molar-refractivity contribution in [2.75, 3.05) is 7.05 Å². The first kappa shape index (κ1) is 14.4. The second-order valence-electron chi connectivity index (χ2n) is 4.78. The first-order chi connectivity index (χ1) is 9.01. The molecule has 2 aromatic rings. The average molecular weight is 294 g/mol. The third-order valence-electron chi connectivity index (χ3n) is 3.24. The molecule has 19 heavy (non-hydrogen) atoms. The lowest BCUT2D eigenvalue weighted by atomic mass is 9.94. The largest absolute Gasteiger partial charge is 0.309 e. The van der Waals surface area contributed by atoms with E-state index in [1.807, 2.05) is 19.2 Å². The maximum Gasteiger partial charge on any atom is 0.0577 e. The van der Waals surface area contributed by atoms with Gasteiger partial charge in [0, 0.05) is 10.0 Å². The van der Waals surface area contributed by atoms with E-state index in [9.17, 15) is 0 Å². The molecule has 0 radical (unpaired) electrons. The number of rotatable bonds is 3. The summed E-state index contributed by atoms with van der Waals surface area (Å²) in [5.74, 6) is 0. The minimum atomic E-state index is 0.0943. The molecule has 0 bridgehead atoms. The Labute approximate surface area is 124 Å². The van der Waals surface area contributed by atoms with Gasteiger partial charge in [0.25, 0.3) is 0 Å². The predicted octanol–water partition coefficient (Wildman–Crippen LogP) is 4.92. The van der Waals surface area contributed by atoms with Gasteiger partial charge in [-0.3, -0.25) is 0 Å². The molecule has 0 saturated carbocycles. The smallest absolute Gasteiger partial charge is 0.0577 e. The van der Waals surface area contributed by atoms with Gasteiger partial charge in [0.15, 0.2) is 0 Å². The summed E-state index contributed by atoms with van der Waals surface area (Å²) in [6.45, 7) is 4.22. The average Bonchev–Trinajstić information content (AvgIpc) is 2.31. The molecular weight excluding hydrogens is 277 g/mol. The Balaban J connectivity index is 2.49. The van der Waals surface area contributed by atoms with Gasteiger partial charge in [0.2, 0.25) is 0 Å². The molecule has 0 aliphatic rings. The van der Waals surface area contributed by atoms with Crippen LogP contribution >= 0.6 is 23.2 Å². The van der Waals surface area contributed by atoms with Crippen molar-refractivity contribution in [2.45, 2.75) is 19.9 Å². The van der Waals surface area contributed by atoms with E-state index in [1.165, 1.54) is 16.7 Å². The molecule has 0 amide bonds. The zero-order valence-electron chi connectivity index (χ0n) is 11.3. The molecule has 0 heterocycles. The van der Waals surface area contributed by atoms with Crippen LogP contribution in [0.15, 0.2) is 36.4 Å². The number of hydrogen-bond acceptors (Lipinski definition) is 1. The van der Waals surface area contributed by atoms with E-state index in [0.29, 0.717) is 10.0 Å². The maximum absolute atomic E-state index is 6.09. The third-order valence-corrected chi connectivity index (χ3v) is 3.68. The fraction of sp³-hybridized carbons (Fsp3) is 0.250. The molecule has 1 nitrogen and oxygen atoms in total. The first-order valence-corrected chi connectivity index (χ1v) is 6.97. The van der Waals surface area contributed by atoms with E-state index in [4.69, 9.17) is 23.2 Å². The van der Waals surface area contributed by atoms with Gasteiger partial charge in [-0.25, -0.2) is 0 Å². The summed E-state index contributed by atoms with van der Waals surface area (Å²) < 4.78 is 0. The van der Waals surface area contributed by atoms with Crippen molar-refractivity contribution in [1.29, 1.82) is 0 Å². The van der Waals surface area contributed by atoms with Crippen molar-refractivity contribution in [2.24, 2.45) is 0 Å². The lowest BCUT2D eigenvalue weighted by Gasteiger charge is -2.20. The lowest BCUT2D eigenvalue weighted by molar-refractivity contribution is 0.687. The number of hydrogen-bond donors (Lipinski definition) is 1. The predicted molar refractivity (Wildman–Crippen MR) is 83.3 cm³/mol. The highest BCUT2D eigenvalue weighted by molar-refractivity contribution is 6.34. The second-order valence-corrected chi connectivity index (χ2v) is 5.66. The first-order valence-electron chi connectivity index (χ1n) is 6.21. The van der Waals surface area contributed by atoms with E-state index in [2.05, 4.69) is 37.4 Å². The summed E-state index contributed by atoms with van der Waals surface area (Å²) in [7, 11) is 1.94. The second kappa shape index (κ2) is 5.96. The van der Waals surface area contributed by atoms with Crippen LogP contribution in [0.1, 0.15) is 28.3 Å². The van der Waals surface area contributed by atoms with Gasteiger partial charge in [-0.2, -0.15) is 0 Å². The van der Waals surface area contributed by atoms with Crippen LogP contribution in [0.25, 0.3) is 0 Å². The van der Waals surface area contributed by atoms with E-state index in [0.717, 1.165) is 5.56 Å². The molecule has 1 unspecified atom stereocenters. The normalized spacial score (nSPS) is 12.5. The van der Waals surface area contributed by atoms with Crippen LogP contribution in [0.4, 0.5) is 0 Å². The Morgan fingerprint density at radius 1 is 0.947 bits per heavy atom. The van der Waals surface area contributed by atoms with Gasteiger partial charge in [-0.1, -0.05) is 47.0 Å². The molecule has 2 aromatic carbocycles. The molecule has 0 fully saturated rings. The molecular formula is C16H17Cl2N. The van der Waals surface area contributed by atoms with Crippen molar-refractivity contribution in [3.8, 4) is 0 Å². The third kappa shape index (κ3) is 3.30. The Morgan fingerprint density at radius 2 is 1.58 bits per heavy atom. The molecule has 0 spiro atoms. The summed E-state index contributed by atoms with van der Waals surface area (Å²) >= 11 is 12.2. The van der Waals surface area contributed by atoms with Crippen LogP contribution in [0.3, 0.4) is 0 Å². The highest BCUT2D eigenvalue weighted by Gasteiger charge is 2.15. The van der Waals surface area contributed by atoms with E-state index in [1.54, 1.807) is 6.07 Å². The molecule has 1 atom stereocenters. The Bertz CT molecular complexity index is 573. The molecule has 3 heteroatoms. The standard InChI is InChI=1S/C16H17Cl2N/c1-10-4-5-15(11(2)6-10)16(19-3)12-7-13(17)9-14(18)8-12/h4-9,16,19H,1-3H3. The van der Waals surface area contributed by atoms with Gasteiger partial charge in [-0.15, -0.1) is 0 Å². The minimum absolute atomic E-state index is 0.0943. The highest BCUT2D eigenvalue weighted by Crippen LogP contribution is 2.29. The summed E-state index contributed by atoms with van der Waals surface area (Å²) in [6, 6.07) is 12.2. The molecule has 1 N–H and O–H groups in total. The summed E-state index contributed by atoms with van der Waals surface area (Å²) in [5, 5.41) is 4.65. The van der Waals surface area contributed by atoms with Crippen molar-refractivity contribution in [3.05, 3.63) is 68.7 Å². The zero-order chi connectivity index (χ0) is 14.0. The maximum atomic E-state index is 6.09. The topological polar surface area (TPSA) is 12.0 Å². The van der Waals surface area contributed by atoms with Gasteiger partial charge in [0.05, 0.1) is 6.04 Å². The monoisotopic (exact) mass is 293 g/mol. The molecule has 0 saturated heterocycles. The quantitative estimate of drug-likeness (QED) is 0.847. The highest BCUT2D eigenvalue weighted by atomic mass is 35.5. The zero-order valence-corrected chi connectivity index (χ0v) is 12.8. The molecule has 0 aliphatic heterocycles. The Hall–Kier alpha value is -1.02. The number of aryl methyl sites for hydroxylation is 2. The van der Waals surface area contributed by atoms with Crippen LogP contribution in [-0.2, 0) is 0 Å². The van der Waals surface area contributed by atoms with Gasteiger partial charge in [0.1, 0.15) is 0 Å². The number of benzene rings is 2. The van der Waals surface area contributed by atoms with Crippen LogP contribution in [-0.4, -0.2) is 7.05 Å². The van der Waals surface area contributed by atoms with Crippen LogP contribution in [0, 0.1) is 13.8 Å². The fourth-order valence-corrected chi connectivity index (χ4v) is 2.94. The Kier molecular flexibility index (Phi) is 4.51. The van der Waals surface area contributed by atoms with Gasteiger partial charge >= 0.3 is 0 Å². The Morgan fingerprint density at radius 3 is 2.11 bits per heavy atom. The van der Waals surface area contributed by atoms with Crippen molar-refractivity contribution in [3.63, 3.8) is 0 Å². The van der Waals surface area contributed by atoms with Crippen molar-refractivity contribution < 1.29 is 0 Å².